The Morgan fingerprint density at radius 1 is 1.07 bits per heavy atom. The normalized spacial score (nSPS) is 15.1. The van der Waals surface area contributed by atoms with Gasteiger partial charge < -0.3 is 10.2 Å². The van der Waals surface area contributed by atoms with Gasteiger partial charge in [0.15, 0.2) is 0 Å². The number of nitrogens with zero attached hydrogens (tertiary/aromatic N) is 1. The van der Waals surface area contributed by atoms with Gasteiger partial charge in [-0.05, 0) is 49.1 Å². The Labute approximate surface area is 182 Å². The molecule has 0 saturated heterocycles. The maximum Gasteiger partial charge on any atom is 0.242 e. The Kier molecular flexibility index (Phi) is 7.57. The summed E-state index contributed by atoms with van der Waals surface area (Å²) < 4.78 is 0. The van der Waals surface area contributed by atoms with Gasteiger partial charge >= 0.3 is 0 Å². The van der Waals surface area contributed by atoms with Gasteiger partial charge in [-0.3, -0.25) is 9.59 Å². The molecule has 0 radical (unpaired) electrons. The molecule has 1 saturated carbocycles. The van der Waals surface area contributed by atoms with Crippen molar-refractivity contribution in [3.8, 4) is 0 Å². The summed E-state index contributed by atoms with van der Waals surface area (Å²) in [5, 5.41) is 4.29. The Bertz CT molecular complexity index is 848. The van der Waals surface area contributed by atoms with Crippen molar-refractivity contribution in [1.29, 1.82) is 0 Å². The molecule has 29 heavy (non-hydrogen) atoms. The van der Waals surface area contributed by atoms with Crippen LogP contribution in [-0.2, 0) is 22.6 Å². The Hall–Kier alpha value is -2.04. The van der Waals surface area contributed by atoms with Crippen molar-refractivity contribution in [2.24, 2.45) is 0 Å². The largest absolute Gasteiger partial charge is 0.352 e. The molecule has 1 fully saturated rings. The lowest BCUT2D eigenvalue weighted by molar-refractivity contribution is -0.140. The second-order valence-corrected chi connectivity index (χ2v) is 8.43. The lowest BCUT2D eigenvalue weighted by atomic mass is 10.1. The topological polar surface area (TPSA) is 49.4 Å². The van der Waals surface area contributed by atoms with Gasteiger partial charge in [0.2, 0.25) is 11.8 Å². The summed E-state index contributed by atoms with van der Waals surface area (Å²) in [5.74, 6) is -0.250. The first-order valence-corrected chi connectivity index (χ1v) is 10.8. The van der Waals surface area contributed by atoms with Gasteiger partial charge in [0.25, 0.3) is 0 Å². The van der Waals surface area contributed by atoms with Crippen LogP contribution in [0.1, 0.15) is 43.7 Å². The van der Waals surface area contributed by atoms with Crippen LogP contribution in [-0.4, -0.2) is 28.8 Å². The number of hydrogen-bond acceptors (Lipinski definition) is 2. The molecule has 154 valence electrons. The number of hydrogen-bond donors (Lipinski definition) is 1. The Balaban J connectivity index is 1.77. The molecule has 2 amide bonds. The smallest absolute Gasteiger partial charge is 0.242 e. The number of carbonyl (C=O) groups excluding carboxylic acids is 2. The molecule has 4 nitrogen and oxygen atoms in total. The second kappa shape index (κ2) is 10.1. The van der Waals surface area contributed by atoms with Crippen molar-refractivity contribution in [2.45, 2.75) is 57.7 Å². The zero-order chi connectivity index (χ0) is 20.8. The molecule has 3 rings (SSSR count). The minimum absolute atomic E-state index is 0.113. The number of benzene rings is 2. The van der Waals surface area contributed by atoms with Crippen LogP contribution in [0.15, 0.2) is 48.5 Å². The molecule has 2 aromatic carbocycles. The van der Waals surface area contributed by atoms with Gasteiger partial charge in [-0.1, -0.05) is 66.4 Å². The van der Waals surface area contributed by atoms with E-state index >= 15 is 0 Å². The second-order valence-electron chi connectivity index (χ2n) is 7.58. The number of halogens is 2. The van der Waals surface area contributed by atoms with E-state index in [2.05, 4.69) is 5.32 Å². The van der Waals surface area contributed by atoms with Crippen LogP contribution in [0.2, 0.25) is 10.0 Å². The zero-order valence-electron chi connectivity index (χ0n) is 16.5. The van der Waals surface area contributed by atoms with Crippen molar-refractivity contribution in [3.63, 3.8) is 0 Å². The van der Waals surface area contributed by atoms with Crippen LogP contribution in [0.5, 0.6) is 0 Å². The van der Waals surface area contributed by atoms with Gasteiger partial charge in [-0.25, -0.2) is 0 Å². The van der Waals surface area contributed by atoms with Crippen molar-refractivity contribution < 1.29 is 9.59 Å². The standard InChI is InChI=1S/C23H26Cl2N2O2/c1-16(23(29)26-20-7-3-4-8-20)27(15-17-10-12-19(24)13-11-17)22(28)14-18-6-2-5-9-21(18)25/h2,5-6,9-13,16,20H,3-4,7-8,14-15H2,1H3,(H,26,29). The van der Waals surface area contributed by atoms with E-state index in [-0.39, 0.29) is 24.3 Å². The predicted octanol–water partition coefficient (Wildman–Crippen LogP) is 5.01. The van der Waals surface area contributed by atoms with Crippen molar-refractivity contribution in [2.75, 3.05) is 0 Å². The fourth-order valence-corrected chi connectivity index (χ4v) is 4.00. The maximum absolute atomic E-state index is 13.2. The molecule has 1 N–H and O–H groups in total. The third kappa shape index (κ3) is 5.97. The van der Waals surface area contributed by atoms with Gasteiger partial charge in [0.1, 0.15) is 6.04 Å². The van der Waals surface area contributed by atoms with Crippen molar-refractivity contribution in [3.05, 3.63) is 69.7 Å². The monoisotopic (exact) mass is 432 g/mol. The van der Waals surface area contributed by atoms with Gasteiger partial charge in [0, 0.05) is 22.6 Å². The highest BCUT2D eigenvalue weighted by atomic mass is 35.5. The molecule has 0 aromatic heterocycles. The van der Waals surface area contributed by atoms with E-state index in [1.165, 1.54) is 0 Å². The molecule has 1 unspecified atom stereocenters. The molecular weight excluding hydrogens is 407 g/mol. The maximum atomic E-state index is 13.2. The number of nitrogens with one attached hydrogen (secondary N) is 1. The Morgan fingerprint density at radius 2 is 1.72 bits per heavy atom. The molecule has 0 bridgehead atoms. The quantitative estimate of drug-likeness (QED) is 0.667. The number of amides is 2. The molecule has 1 atom stereocenters. The van der Waals surface area contributed by atoms with Gasteiger partial charge in [0.05, 0.1) is 6.42 Å². The van der Waals surface area contributed by atoms with Gasteiger partial charge in [-0.15, -0.1) is 0 Å². The predicted molar refractivity (Wildman–Crippen MR) is 117 cm³/mol. The van der Waals surface area contributed by atoms with Crippen molar-refractivity contribution >= 4 is 35.0 Å². The fourth-order valence-electron chi connectivity index (χ4n) is 3.67. The zero-order valence-corrected chi connectivity index (χ0v) is 18.0. The van der Waals surface area contributed by atoms with E-state index in [0.29, 0.717) is 16.6 Å². The lowest BCUT2D eigenvalue weighted by Crippen LogP contribution is -2.50. The molecule has 0 spiro atoms. The van der Waals surface area contributed by atoms with Crippen LogP contribution in [0.25, 0.3) is 0 Å². The SMILES string of the molecule is CC(C(=O)NC1CCCC1)N(Cc1ccc(Cl)cc1)C(=O)Cc1ccccc1Cl. The van der Waals surface area contributed by atoms with E-state index in [1.807, 2.05) is 30.3 Å². The molecule has 0 aliphatic heterocycles. The van der Waals surface area contributed by atoms with Crippen LogP contribution in [0, 0.1) is 0 Å². The summed E-state index contributed by atoms with van der Waals surface area (Å²) >= 11 is 12.2. The minimum Gasteiger partial charge on any atom is -0.352 e. The fraction of sp³-hybridized carbons (Fsp3) is 0.391. The first-order valence-electron chi connectivity index (χ1n) is 10.0. The van der Waals surface area contributed by atoms with Gasteiger partial charge in [-0.2, -0.15) is 0 Å². The number of rotatable bonds is 7. The molecule has 6 heteroatoms. The number of carbonyl (C=O) groups is 2. The first-order chi connectivity index (χ1) is 13.9. The third-order valence-electron chi connectivity index (χ3n) is 5.43. The average molecular weight is 433 g/mol. The van der Waals surface area contributed by atoms with E-state index in [1.54, 1.807) is 30.0 Å². The Morgan fingerprint density at radius 3 is 2.38 bits per heavy atom. The van der Waals surface area contributed by atoms with Crippen LogP contribution in [0.3, 0.4) is 0 Å². The molecule has 2 aromatic rings. The lowest BCUT2D eigenvalue weighted by Gasteiger charge is -2.30. The van der Waals surface area contributed by atoms with E-state index < -0.39 is 6.04 Å². The molecule has 0 heterocycles. The summed E-state index contributed by atoms with van der Waals surface area (Å²) in [6.45, 7) is 2.12. The van der Waals surface area contributed by atoms with E-state index in [0.717, 1.165) is 36.8 Å². The van der Waals surface area contributed by atoms with E-state index in [9.17, 15) is 9.59 Å². The molecular formula is C23H26Cl2N2O2. The first kappa shape index (κ1) is 21.7. The average Bonchev–Trinajstić information content (AvgIpc) is 3.21. The van der Waals surface area contributed by atoms with Crippen LogP contribution >= 0.6 is 23.2 Å². The molecule has 1 aliphatic rings. The summed E-state index contributed by atoms with van der Waals surface area (Å²) in [6.07, 6.45) is 4.43. The highest BCUT2D eigenvalue weighted by Gasteiger charge is 2.28. The minimum atomic E-state index is -0.582. The van der Waals surface area contributed by atoms with Crippen LogP contribution < -0.4 is 5.32 Å². The van der Waals surface area contributed by atoms with Crippen LogP contribution in [0.4, 0.5) is 0 Å². The van der Waals surface area contributed by atoms with Crippen molar-refractivity contribution in [1.82, 2.24) is 10.2 Å². The summed E-state index contributed by atoms with van der Waals surface area (Å²) in [5.41, 5.74) is 1.67. The summed E-state index contributed by atoms with van der Waals surface area (Å²) in [7, 11) is 0. The van der Waals surface area contributed by atoms with E-state index in [4.69, 9.17) is 23.2 Å². The summed E-state index contributed by atoms with van der Waals surface area (Å²) in [4.78, 5) is 27.7. The molecule has 1 aliphatic carbocycles. The summed E-state index contributed by atoms with van der Waals surface area (Å²) in [6, 6.07) is 14.2. The highest BCUT2D eigenvalue weighted by Crippen LogP contribution is 2.21. The highest BCUT2D eigenvalue weighted by molar-refractivity contribution is 6.31. The third-order valence-corrected chi connectivity index (χ3v) is 6.06.